The second-order valence-electron chi connectivity index (χ2n) is 2.00. The van der Waals surface area contributed by atoms with Gasteiger partial charge in [0.1, 0.15) is 0 Å². The molecule has 1 aromatic carbocycles. The summed E-state index contributed by atoms with van der Waals surface area (Å²) in [6, 6.07) is 9.73. The molecule has 0 saturated heterocycles. The Balaban J connectivity index is -0.0000000347. The molecule has 124 valence electrons. The van der Waals surface area contributed by atoms with Gasteiger partial charge in [0.25, 0.3) is 0 Å². The van der Waals surface area contributed by atoms with Crippen molar-refractivity contribution in [1.82, 2.24) is 0 Å². The fraction of sp³-hybridized carbons (Fsp3) is 0.500. The van der Waals surface area contributed by atoms with Gasteiger partial charge >= 0.3 is 0 Å². The van der Waals surface area contributed by atoms with E-state index in [0.29, 0.717) is 12.2 Å². The van der Waals surface area contributed by atoms with Crippen molar-refractivity contribution in [1.29, 1.82) is 0 Å². The van der Waals surface area contributed by atoms with Crippen LogP contribution in [0, 0.1) is 13.5 Å². The zero-order valence-corrected chi connectivity index (χ0v) is 15.3. The van der Waals surface area contributed by atoms with Crippen LogP contribution in [-0.4, -0.2) is 12.6 Å². The Morgan fingerprint density at radius 3 is 1.90 bits per heavy atom. The molecular weight excluding hydrogens is 422 g/mol. The summed E-state index contributed by atoms with van der Waals surface area (Å²) in [5, 5.41) is 0. The van der Waals surface area contributed by atoms with Crippen molar-refractivity contribution in [2.75, 3.05) is 6.61 Å². The topological polar surface area (TPSA) is 59.8 Å². The number of carbonyl (C=O) groups is 1. The molecule has 2 N–H and O–H groups in total. The normalized spacial score (nSPS) is 5.65. The average molecular weight is 456 g/mol. The monoisotopic (exact) mass is 456 g/mol. The minimum Gasteiger partial charge on any atom is -0.693 e. The van der Waals surface area contributed by atoms with Crippen LogP contribution in [0.3, 0.4) is 0 Å². The van der Waals surface area contributed by atoms with E-state index in [9.17, 15) is 4.79 Å². The Morgan fingerprint density at radius 1 is 1.15 bits per heavy atom. The molecule has 1 rings (SSSR count). The summed E-state index contributed by atoms with van der Waals surface area (Å²) in [6.45, 7) is 10.2. The van der Waals surface area contributed by atoms with Crippen molar-refractivity contribution in [3.05, 3.63) is 49.5 Å². The molecule has 4 heteroatoms. The molecule has 0 aliphatic heterocycles. The molecular formula is C16H34NO2W-3. The van der Waals surface area contributed by atoms with E-state index in [1.165, 1.54) is 0 Å². The van der Waals surface area contributed by atoms with Gasteiger partial charge in [-0.05, 0) is 6.92 Å². The number of hydrogen-bond donors (Lipinski definition) is 0. The molecule has 0 bridgehead atoms. The van der Waals surface area contributed by atoms with E-state index in [1.807, 2.05) is 33.8 Å². The van der Waals surface area contributed by atoms with Gasteiger partial charge in [-0.25, -0.2) is 0 Å². The zero-order chi connectivity index (χ0) is 12.1. The van der Waals surface area contributed by atoms with E-state index < -0.39 is 0 Å². The Hall–Kier alpha value is -0.662. The molecule has 0 aliphatic carbocycles. The van der Waals surface area contributed by atoms with Gasteiger partial charge < -0.3 is 23.1 Å². The van der Waals surface area contributed by atoms with Gasteiger partial charge in [-0.2, -0.15) is 0 Å². The first-order valence-corrected chi connectivity index (χ1v) is 5.48. The predicted molar refractivity (Wildman–Crippen MR) is 89.1 cm³/mol. The number of esters is 1. The zero-order valence-electron chi connectivity index (χ0n) is 12.3. The van der Waals surface area contributed by atoms with E-state index in [-0.39, 0.29) is 55.5 Å². The third kappa shape index (κ3) is 22.5. The van der Waals surface area contributed by atoms with Crippen molar-refractivity contribution < 1.29 is 30.6 Å². The standard InChI is InChI=1S/C9H9O2.2C2H6.2CH4.CH3.H2N.W/c1-2-11-9(10)8-6-4-3-5-7-8;2*1-2;;;;;/h3-6H,2H2,1H3;2*1-2H3;2*1H4;1H3;1H2;/q-1;;;;;2*-1;. The van der Waals surface area contributed by atoms with Gasteiger partial charge in [0, 0.05) is 21.1 Å². The van der Waals surface area contributed by atoms with Crippen molar-refractivity contribution in [3.63, 3.8) is 0 Å². The van der Waals surface area contributed by atoms with Crippen LogP contribution in [-0.2, 0) is 25.8 Å². The van der Waals surface area contributed by atoms with Crippen LogP contribution in [0.4, 0.5) is 0 Å². The van der Waals surface area contributed by atoms with E-state index in [4.69, 9.17) is 4.74 Å². The largest absolute Gasteiger partial charge is 0.693 e. The van der Waals surface area contributed by atoms with E-state index in [0.717, 1.165) is 0 Å². The van der Waals surface area contributed by atoms with Gasteiger partial charge in [0.2, 0.25) is 5.97 Å². The van der Waals surface area contributed by atoms with Crippen LogP contribution in [0.5, 0.6) is 0 Å². The molecule has 0 saturated carbocycles. The molecule has 0 atom stereocenters. The number of nitrogens with two attached hydrogens (primary N) is 1. The maximum Gasteiger partial charge on any atom is 0.250 e. The minimum atomic E-state index is -0.312. The number of hydrogen-bond acceptors (Lipinski definition) is 2. The van der Waals surface area contributed by atoms with Gasteiger partial charge in [-0.15, -0.1) is 30.3 Å². The summed E-state index contributed by atoms with van der Waals surface area (Å²) >= 11 is 0. The second-order valence-corrected chi connectivity index (χ2v) is 2.00. The summed E-state index contributed by atoms with van der Waals surface area (Å²) in [5.41, 5.74) is 0.481. The number of rotatable bonds is 2. The van der Waals surface area contributed by atoms with Gasteiger partial charge in [-0.1, -0.05) is 48.1 Å². The molecule has 1 aromatic rings. The quantitative estimate of drug-likeness (QED) is 0.396. The maximum absolute atomic E-state index is 11.0. The summed E-state index contributed by atoms with van der Waals surface area (Å²) in [5.74, 6) is -0.312. The summed E-state index contributed by atoms with van der Waals surface area (Å²) in [4.78, 5) is 11.0. The van der Waals surface area contributed by atoms with Crippen molar-refractivity contribution >= 4 is 5.97 Å². The summed E-state index contributed by atoms with van der Waals surface area (Å²) < 4.78 is 4.76. The molecule has 0 unspecified atom stereocenters. The summed E-state index contributed by atoms with van der Waals surface area (Å²) in [6.07, 6.45) is 0. The van der Waals surface area contributed by atoms with Gasteiger partial charge in [0.15, 0.2) is 0 Å². The first kappa shape index (κ1) is 42.7. The SMILES string of the molecule is C.C.CC.CC.CCOC(=O)c1[c-]cccc1.[CH3-].[NH2-].[W]. The summed E-state index contributed by atoms with van der Waals surface area (Å²) in [7, 11) is 0. The first-order valence-electron chi connectivity index (χ1n) is 5.48. The molecule has 20 heavy (non-hydrogen) atoms. The molecule has 0 fully saturated rings. The third-order valence-electron chi connectivity index (χ3n) is 1.20. The molecule has 0 amide bonds. The van der Waals surface area contributed by atoms with Crippen molar-refractivity contribution in [3.8, 4) is 0 Å². The van der Waals surface area contributed by atoms with Crippen molar-refractivity contribution in [2.24, 2.45) is 0 Å². The predicted octanol–water partition coefficient (Wildman–Crippen LogP) is 6.15. The van der Waals surface area contributed by atoms with Crippen molar-refractivity contribution in [2.45, 2.75) is 49.5 Å². The Labute approximate surface area is 142 Å². The van der Waals surface area contributed by atoms with Crippen LogP contribution in [0.15, 0.2) is 24.3 Å². The number of carbonyl (C=O) groups excluding carboxylic acids is 1. The van der Waals surface area contributed by atoms with Crippen LogP contribution < -0.4 is 0 Å². The molecule has 3 nitrogen and oxygen atoms in total. The molecule has 0 aromatic heterocycles. The molecule has 0 radical (unpaired) electrons. The van der Waals surface area contributed by atoms with Crippen LogP contribution in [0.2, 0.25) is 0 Å². The fourth-order valence-corrected chi connectivity index (χ4v) is 0.729. The Kier molecular flexibility index (Phi) is 77.3. The second kappa shape index (κ2) is 36.2. The molecule has 0 aliphatic rings. The van der Waals surface area contributed by atoms with E-state index in [2.05, 4.69) is 6.07 Å². The fourth-order valence-electron chi connectivity index (χ4n) is 0.729. The Morgan fingerprint density at radius 2 is 1.60 bits per heavy atom. The Bertz CT molecular complexity index is 241. The van der Waals surface area contributed by atoms with Gasteiger partial charge in [-0.3, -0.25) is 0 Å². The molecule has 0 spiro atoms. The maximum atomic E-state index is 11.0. The van der Waals surface area contributed by atoms with E-state index in [1.54, 1.807) is 25.1 Å². The smallest absolute Gasteiger partial charge is 0.250 e. The third-order valence-corrected chi connectivity index (χ3v) is 1.20. The number of ether oxygens (including phenoxy) is 1. The van der Waals surface area contributed by atoms with Crippen LogP contribution in [0.25, 0.3) is 6.15 Å². The van der Waals surface area contributed by atoms with Crippen LogP contribution in [0.1, 0.15) is 59.8 Å². The van der Waals surface area contributed by atoms with Crippen LogP contribution >= 0.6 is 0 Å². The van der Waals surface area contributed by atoms with E-state index >= 15 is 0 Å². The molecule has 0 heterocycles. The number of benzene rings is 1. The minimum absolute atomic E-state index is 0. The first-order chi connectivity index (χ1) is 7.34. The van der Waals surface area contributed by atoms with Gasteiger partial charge in [0.05, 0.1) is 6.61 Å². The average Bonchev–Trinajstić information content (AvgIpc) is 2.36.